The van der Waals surface area contributed by atoms with Crippen LogP contribution in [0.1, 0.15) is 125 Å². The van der Waals surface area contributed by atoms with Gasteiger partial charge in [-0.25, -0.2) is 0 Å². The van der Waals surface area contributed by atoms with Crippen molar-refractivity contribution in [3.8, 4) is 0 Å². The Hall–Kier alpha value is 9.03. The van der Waals surface area contributed by atoms with Crippen molar-refractivity contribution in [1.82, 2.24) is 4.65 Å². The van der Waals surface area contributed by atoms with Gasteiger partial charge >= 0.3 is 39.1 Å². The summed E-state index contributed by atoms with van der Waals surface area (Å²) in [6.07, 6.45) is -10.2. The molecule has 42 heteroatoms. The number of halogens is 20. The Balaban J connectivity index is -0.000000417. The third-order valence-electron chi connectivity index (χ3n) is 9.38. The molecule has 0 aromatic rings. The molecule has 0 saturated heterocycles. The summed E-state index contributed by atoms with van der Waals surface area (Å²) < 4.78 is 2.53. The molecule has 0 spiro atoms. The lowest BCUT2D eigenvalue weighted by Gasteiger charge is -2.57. The predicted octanol–water partition coefficient (Wildman–Crippen LogP) is 12.4. The Labute approximate surface area is 512 Å². The Kier molecular flexibility index (Phi) is 34.4. The maximum atomic E-state index is 7.47. The van der Waals surface area contributed by atoms with E-state index in [-0.39, 0.29) is 7.35 Å². The zero-order valence-electron chi connectivity index (χ0n) is 40.9. The van der Waals surface area contributed by atoms with Crippen LogP contribution in [-0.2, 0) is 0 Å². The van der Waals surface area contributed by atoms with Gasteiger partial charge in [0.25, 0.3) is 24.4 Å². The van der Waals surface area contributed by atoms with Crippen LogP contribution in [0.5, 0.6) is 0 Å². The SMILES string of the molecule is CC(C)(C)[SiH2][SiH2][SiH]([SiH2]C(C)(C)C)[SiH2]C(C)(C)C.CC(C)(C)[Si](Cl)(Cl)[Si](Cl)(Cl)[Si](Cl)([Si](Cl)(Cl)C(C)(C)C)[Si](Cl)(Cl)C(C)(C)C.Cl[Si](Cl)(Cl)[Si](Cl)(Cl)Cl.N[Si](N)(Cl)[Si](N)(N)N[Si](N)(Cl)[Si](Cl)(Cl)Cl. The molecule has 0 bridgehead atoms. The highest BCUT2D eigenvalue weighted by Crippen LogP contribution is 2.67. The number of hydrogen-bond donors (Lipinski definition) is 6. The van der Waals surface area contributed by atoms with Crippen LogP contribution in [0, 0.1) is 0 Å². The predicted molar refractivity (Wildman–Crippen MR) is 364 cm³/mol. The minimum absolute atomic E-state index is 0.105. The molecule has 1 unspecified atom stereocenters. The van der Waals surface area contributed by atoms with Crippen molar-refractivity contribution in [1.29, 1.82) is 0 Å². The molecule has 0 rings (SSSR count). The van der Waals surface area contributed by atoms with Crippen LogP contribution in [0.2, 0.25) is 30.2 Å². The molecule has 0 saturated carbocycles. The van der Waals surface area contributed by atoms with E-state index in [1.54, 1.807) is 0 Å². The minimum Gasteiger partial charge on any atom is -0.327 e. The molecule has 0 aromatic carbocycles. The molecule has 0 fully saturated rings. The Morgan fingerprint density at radius 2 is 0.636 bits per heavy atom. The van der Waals surface area contributed by atoms with E-state index in [0.29, 0.717) is 35.7 Å². The Morgan fingerprint density at radius 3 is 0.803 bits per heavy atom. The molecule has 6 nitrogen and oxygen atoms in total. The fourth-order valence-electron chi connectivity index (χ4n) is 5.43. The van der Waals surface area contributed by atoms with Crippen molar-refractivity contribution >= 4 is 334 Å². The molecular formula is C24H74Cl20N6Si16. The summed E-state index contributed by atoms with van der Waals surface area (Å²) in [6, 6.07) is 0. The molecule has 0 aromatic heterocycles. The van der Waals surface area contributed by atoms with Crippen LogP contribution >= 0.6 is 222 Å². The first-order valence-electron chi connectivity index (χ1n) is 20.0. The third kappa shape index (κ3) is 25.9. The molecule has 0 radical (unpaired) electrons. The zero-order chi connectivity index (χ0) is 55.6. The van der Waals surface area contributed by atoms with Crippen molar-refractivity contribution in [3.05, 3.63) is 0 Å². The monoisotopic (exact) mass is 1590 g/mol. The Bertz CT molecular complexity index is 1420. The molecule has 0 amide bonds. The first kappa shape index (κ1) is 81.5. The maximum absolute atomic E-state index is 7.47. The summed E-state index contributed by atoms with van der Waals surface area (Å²) in [5.41, 5.74) is -13.1. The van der Waals surface area contributed by atoms with E-state index in [1.807, 2.05) is 62.3 Å². The van der Waals surface area contributed by atoms with Crippen LogP contribution in [0.25, 0.3) is 0 Å². The Morgan fingerprint density at radius 1 is 0.379 bits per heavy atom. The maximum Gasteiger partial charge on any atom is 0.376 e. The average Bonchev–Trinajstić information content (AvgIpc) is 2.93. The van der Waals surface area contributed by atoms with Crippen molar-refractivity contribution in [2.24, 2.45) is 27.0 Å². The highest BCUT2D eigenvalue weighted by atomic mass is 35.9. The second kappa shape index (κ2) is 27.9. The zero-order valence-corrected chi connectivity index (χ0v) is 73.8. The number of nitrogens with one attached hydrogen (secondary N) is 1. The van der Waals surface area contributed by atoms with Gasteiger partial charge in [0, 0.05) is 34.5 Å². The first-order chi connectivity index (χ1) is 27.5. The van der Waals surface area contributed by atoms with Crippen molar-refractivity contribution < 1.29 is 0 Å². The van der Waals surface area contributed by atoms with Crippen LogP contribution < -0.4 is 31.6 Å². The lowest BCUT2D eigenvalue weighted by molar-refractivity contribution is 0.747. The third-order valence-corrected chi connectivity index (χ3v) is 264. The number of rotatable bonds is 13. The fraction of sp³-hybridized carbons (Fsp3) is 1.00. The van der Waals surface area contributed by atoms with E-state index in [1.165, 1.54) is 0 Å². The molecule has 0 heterocycles. The smallest absolute Gasteiger partial charge is 0.327 e. The molecule has 0 aliphatic rings. The van der Waals surface area contributed by atoms with Gasteiger partial charge in [0.05, 0.1) is 0 Å². The number of nitrogens with two attached hydrogens (primary N) is 5. The number of hydrogen-bond acceptors (Lipinski definition) is 6. The summed E-state index contributed by atoms with van der Waals surface area (Å²) in [4.78, 5) is 0. The summed E-state index contributed by atoms with van der Waals surface area (Å²) in [6.45, 7) is 40.0. The van der Waals surface area contributed by atoms with Crippen LogP contribution in [0.4, 0.5) is 0 Å². The lowest BCUT2D eigenvalue weighted by atomic mass is 10.3. The summed E-state index contributed by atoms with van der Waals surface area (Å²) in [5, 5.41) is 28.6. The van der Waals surface area contributed by atoms with Gasteiger partial charge in [-0.3, -0.25) is 0 Å². The van der Waals surface area contributed by atoms with E-state index in [2.05, 4.69) is 67.0 Å². The van der Waals surface area contributed by atoms with E-state index in [4.69, 9.17) is 249 Å². The van der Waals surface area contributed by atoms with Gasteiger partial charge in [0.1, 0.15) is 0 Å². The molecule has 0 aliphatic carbocycles. The summed E-state index contributed by atoms with van der Waals surface area (Å²) in [7, 11) is -8.73. The van der Waals surface area contributed by atoms with Gasteiger partial charge in [0.15, 0.2) is 0 Å². The normalized spacial score (nSPS) is 17.5. The van der Waals surface area contributed by atoms with E-state index in [0.717, 1.165) is 15.1 Å². The van der Waals surface area contributed by atoms with Crippen molar-refractivity contribution in [2.45, 2.75) is 155 Å². The standard InChI is InChI=1S/C12H27Cl9Si5.C12H36Si5.Cl6Si2.Cl5H11N6Si4/c1-10(2,3)22(13,14)25(19,20)26(21,23(15,16)11(4,5)6)24(17,18)12(7,8)9;1-10(2,3)13-16-17(14-11(4,5)6)15-12(7,8)9;1-7(2,3)8(4,5)6;1-12(2,3)14(5,8)11-15(9,10)13(4,6)7/h1-9H3;17H,13-16H2,1-9H3;;11H,6-10H2. The van der Waals surface area contributed by atoms with Gasteiger partial charge in [-0.1, -0.05) is 140 Å². The van der Waals surface area contributed by atoms with Crippen LogP contribution in [0.3, 0.4) is 0 Å². The van der Waals surface area contributed by atoms with Crippen molar-refractivity contribution in [3.63, 3.8) is 0 Å². The van der Waals surface area contributed by atoms with Gasteiger partial charge in [-0.15, -0.1) is 211 Å². The first-order valence-corrected chi connectivity index (χ1v) is 85.6. The van der Waals surface area contributed by atoms with E-state index >= 15 is 0 Å². The topological polar surface area (TPSA) is 142 Å². The largest absolute Gasteiger partial charge is 0.376 e. The van der Waals surface area contributed by atoms with Gasteiger partial charge in [-0.05, 0) is 23.7 Å². The second-order valence-electron chi connectivity index (χ2n) is 23.2. The average molecular weight is 1610 g/mol. The lowest BCUT2D eigenvalue weighted by Crippen LogP contribution is -2.94. The minimum atomic E-state index is -3.70. The molecule has 11 N–H and O–H groups in total. The quantitative estimate of drug-likeness (QED) is 0.0801. The molecule has 66 heavy (non-hydrogen) atoms. The molecular weight excluding hydrogens is 1530 g/mol. The summed E-state index contributed by atoms with van der Waals surface area (Å²) in [5.74, 6) is -3.67. The fourth-order valence-corrected chi connectivity index (χ4v) is 288. The van der Waals surface area contributed by atoms with Crippen molar-refractivity contribution in [2.75, 3.05) is 0 Å². The van der Waals surface area contributed by atoms with Gasteiger partial charge < -0.3 is 31.6 Å². The second-order valence-corrected chi connectivity index (χ2v) is 187. The van der Waals surface area contributed by atoms with Crippen LogP contribution in [0.15, 0.2) is 0 Å². The summed E-state index contributed by atoms with van der Waals surface area (Å²) >= 11 is 125. The van der Waals surface area contributed by atoms with Gasteiger partial charge in [0.2, 0.25) is 5.94 Å². The van der Waals surface area contributed by atoms with Crippen LogP contribution in [-0.4, -0.2) is 112 Å². The molecule has 0 aliphatic heterocycles. The highest BCUT2D eigenvalue weighted by Gasteiger charge is 2.87. The highest BCUT2D eigenvalue weighted by molar-refractivity contribution is 8.34. The van der Waals surface area contributed by atoms with Gasteiger partial charge in [-0.2, -0.15) is 11.1 Å². The molecule has 1 atom stereocenters. The van der Waals surface area contributed by atoms with E-state index < -0.39 is 84.5 Å². The van der Waals surface area contributed by atoms with E-state index in [9.17, 15) is 0 Å². The molecule has 404 valence electrons.